The highest BCUT2D eigenvalue weighted by molar-refractivity contribution is 9.10. The molecule has 0 unspecified atom stereocenters. The van der Waals surface area contributed by atoms with Gasteiger partial charge in [0.15, 0.2) is 0 Å². The van der Waals surface area contributed by atoms with Crippen molar-refractivity contribution in [3.63, 3.8) is 0 Å². The summed E-state index contributed by atoms with van der Waals surface area (Å²) in [6.45, 7) is 2.52. The zero-order valence-corrected chi connectivity index (χ0v) is 17.5. The lowest BCUT2D eigenvalue weighted by atomic mass is 9.93. The molecule has 144 valence electrons. The third-order valence-electron chi connectivity index (χ3n) is 4.92. The van der Waals surface area contributed by atoms with E-state index in [1.165, 1.54) is 0 Å². The predicted octanol–water partition coefficient (Wildman–Crippen LogP) is 4.86. The normalized spacial score (nSPS) is 15.7. The molecule has 3 rings (SSSR count). The molecule has 27 heavy (non-hydrogen) atoms. The number of nitrogens with zero attached hydrogens (tertiary/aromatic N) is 2. The molecule has 1 aliphatic rings. The minimum atomic E-state index is -0.707. The van der Waals surface area contributed by atoms with Crippen molar-refractivity contribution in [3.05, 3.63) is 45.4 Å². The van der Waals surface area contributed by atoms with E-state index in [4.69, 9.17) is 21.4 Å². The van der Waals surface area contributed by atoms with Crippen molar-refractivity contribution in [2.45, 2.75) is 25.8 Å². The molecule has 0 atom stereocenters. The largest absolute Gasteiger partial charge is 0.481 e. The molecule has 7 heteroatoms. The van der Waals surface area contributed by atoms with Crippen molar-refractivity contribution >= 4 is 33.5 Å². The zero-order chi connectivity index (χ0) is 19.4. The molecule has 0 bridgehead atoms. The lowest BCUT2D eigenvalue weighted by Crippen LogP contribution is -2.34. The number of benzene rings is 1. The van der Waals surface area contributed by atoms with Crippen LogP contribution in [0.4, 0.5) is 0 Å². The summed E-state index contributed by atoms with van der Waals surface area (Å²) in [5.41, 5.74) is 2.64. The second-order valence-electron chi connectivity index (χ2n) is 6.78. The first-order valence-corrected chi connectivity index (χ1v) is 10.1. The maximum absolute atomic E-state index is 10.9. The average molecular weight is 454 g/mol. The topological polar surface area (TPSA) is 62.7 Å². The summed E-state index contributed by atoms with van der Waals surface area (Å²) in [6.07, 6.45) is 2.09. The van der Waals surface area contributed by atoms with Gasteiger partial charge < -0.3 is 9.84 Å². The van der Waals surface area contributed by atoms with Crippen molar-refractivity contribution in [2.24, 2.45) is 5.92 Å². The second-order valence-corrected chi connectivity index (χ2v) is 8.02. The maximum Gasteiger partial charge on any atom is 0.303 e. The van der Waals surface area contributed by atoms with E-state index in [2.05, 4.69) is 25.8 Å². The van der Waals surface area contributed by atoms with Crippen LogP contribution in [-0.2, 0) is 11.3 Å². The fourth-order valence-electron chi connectivity index (χ4n) is 3.45. The molecule has 0 amide bonds. The summed E-state index contributed by atoms with van der Waals surface area (Å²) in [5, 5.41) is 9.57. The van der Waals surface area contributed by atoms with Gasteiger partial charge in [0.25, 0.3) is 0 Å². The van der Waals surface area contributed by atoms with Crippen LogP contribution in [0.3, 0.4) is 0 Å². The van der Waals surface area contributed by atoms with E-state index in [0.717, 1.165) is 53.8 Å². The Bertz CT molecular complexity index is 823. The molecular weight excluding hydrogens is 432 g/mol. The number of aliphatic carboxylic acids is 1. The summed E-state index contributed by atoms with van der Waals surface area (Å²) < 4.78 is 6.35. The Morgan fingerprint density at radius 1 is 1.33 bits per heavy atom. The number of carboxylic acids is 1. The van der Waals surface area contributed by atoms with E-state index in [1.807, 2.05) is 30.3 Å². The molecule has 2 heterocycles. The third kappa shape index (κ3) is 5.00. The van der Waals surface area contributed by atoms with Gasteiger partial charge in [-0.1, -0.05) is 29.8 Å². The Kier molecular flexibility index (Phi) is 6.73. The van der Waals surface area contributed by atoms with Crippen LogP contribution in [0.1, 0.15) is 24.8 Å². The van der Waals surface area contributed by atoms with E-state index in [1.54, 1.807) is 7.11 Å². The van der Waals surface area contributed by atoms with Gasteiger partial charge in [0.05, 0.1) is 17.8 Å². The molecule has 0 saturated carbocycles. The van der Waals surface area contributed by atoms with E-state index in [-0.39, 0.29) is 12.3 Å². The molecule has 1 saturated heterocycles. The number of pyridine rings is 1. The predicted molar refractivity (Wildman–Crippen MR) is 109 cm³/mol. The van der Waals surface area contributed by atoms with Gasteiger partial charge in [-0.2, -0.15) is 0 Å². The number of likely N-dealkylation sites (tertiary alicyclic amines) is 1. The van der Waals surface area contributed by atoms with Gasteiger partial charge in [0.2, 0.25) is 5.88 Å². The number of carboxylic acid groups (broad SMARTS) is 1. The van der Waals surface area contributed by atoms with Crippen molar-refractivity contribution in [1.82, 2.24) is 9.88 Å². The minimum absolute atomic E-state index is 0.265. The lowest BCUT2D eigenvalue weighted by molar-refractivity contribution is -0.138. The van der Waals surface area contributed by atoms with E-state index in [9.17, 15) is 4.79 Å². The first-order chi connectivity index (χ1) is 13.0. The Hall–Kier alpha value is -1.63. The van der Waals surface area contributed by atoms with Crippen LogP contribution in [0.2, 0.25) is 5.02 Å². The molecule has 2 aromatic rings. The highest BCUT2D eigenvalue weighted by atomic mass is 79.9. The summed E-state index contributed by atoms with van der Waals surface area (Å²) in [6, 6.07) is 9.74. The molecule has 1 fully saturated rings. The van der Waals surface area contributed by atoms with E-state index >= 15 is 0 Å². The van der Waals surface area contributed by atoms with Crippen LogP contribution in [0.15, 0.2) is 34.8 Å². The van der Waals surface area contributed by atoms with Crippen LogP contribution in [0, 0.1) is 5.92 Å². The fourth-order valence-corrected chi connectivity index (χ4v) is 4.04. The highest BCUT2D eigenvalue weighted by Crippen LogP contribution is 2.34. The van der Waals surface area contributed by atoms with Gasteiger partial charge in [-0.3, -0.25) is 9.69 Å². The van der Waals surface area contributed by atoms with Gasteiger partial charge in [-0.15, -0.1) is 0 Å². The van der Waals surface area contributed by atoms with Crippen LogP contribution in [0.5, 0.6) is 5.88 Å². The number of ether oxygens (including phenoxy) is 1. The second kappa shape index (κ2) is 9.04. The molecule has 0 radical (unpaired) electrons. The van der Waals surface area contributed by atoms with Crippen LogP contribution >= 0.6 is 27.5 Å². The van der Waals surface area contributed by atoms with Crippen molar-refractivity contribution in [1.29, 1.82) is 0 Å². The fraction of sp³-hybridized carbons (Fsp3) is 0.400. The summed E-state index contributed by atoms with van der Waals surface area (Å²) in [4.78, 5) is 17.8. The van der Waals surface area contributed by atoms with Gasteiger partial charge in [-0.25, -0.2) is 4.98 Å². The molecule has 5 nitrogen and oxygen atoms in total. The monoisotopic (exact) mass is 452 g/mol. The van der Waals surface area contributed by atoms with Gasteiger partial charge in [0.1, 0.15) is 0 Å². The van der Waals surface area contributed by atoms with Crippen molar-refractivity contribution in [3.8, 4) is 17.1 Å². The van der Waals surface area contributed by atoms with Gasteiger partial charge >= 0.3 is 5.97 Å². The van der Waals surface area contributed by atoms with Crippen LogP contribution < -0.4 is 4.74 Å². The quantitative estimate of drug-likeness (QED) is 0.677. The maximum atomic E-state index is 10.9. The first-order valence-electron chi connectivity index (χ1n) is 8.90. The van der Waals surface area contributed by atoms with E-state index in [0.29, 0.717) is 10.9 Å². The summed E-state index contributed by atoms with van der Waals surface area (Å²) in [5.74, 6) is 0.164. The Balaban J connectivity index is 1.72. The lowest BCUT2D eigenvalue weighted by Gasteiger charge is -2.31. The Morgan fingerprint density at radius 3 is 2.74 bits per heavy atom. The molecule has 0 aliphatic carbocycles. The van der Waals surface area contributed by atoms with Crippen LogP contribution in [-0.4, -0.2) is 41.2 Å². The number of aromatic nitrogens is 1. The SMILES string of the molecule is COc1nc(-c2cccc(Br)c2Cl)ccc1CN1CCC(CC(=O)O)CC1. The Labute approximate surface area is 172 Å². The number of piperidine rings is 1. The smallest absolute Gasteiger partial charge is 0.303 e. The van der Waals surface area contributed by atoms with E-state index < -0.39 is 5.97 Å². The number of hydrogen-bond donors (Lipinski definition) is 1. The average Bonchev–Trinajstić information content (AvgIpc) is 2.65. The number of hydrogen-bond acceptors (Lipinski definition) is 4. The summed E-state index contributed by atoms with van der Waals surface area (Å²) >= 11 is 9.83. The molecule has 1 aromatic heterocycles. The number of rotatable bonds is 6. The summed E-state index contributed by atoms with van der Waals surface area (Å²) in [7, 11) is 1.62. The molecule has 1 aromatic carbocycles. The third-order valence-corrected chi connectivity index (χ3v) is 6.22. The van der Waals surface area contributed by atoms with Gasteiger partial charge in [-0.05, 0) is 59.9 Å². The number of carbonyl (C=O) groups is 1. The number of halogens is 2. The van der Waals surface area contributed by atoms with Crippen molar-refractivity contribution in [2.75, 3.05) is 20.2 Å². The van der Waals surface area contributed by atoms with Crippen molar-refractivity contribution < 1.29 is 14.6 Å². The van der Waals surface area contributed by atoms with Gasteiger partial charge in [0, 0.05) is 28.6 Å². The Morgan fingerprint density at radius 2 is 2.07 bits per heavy atom. The number of methoxy groups -OCH3 is 1. The molecule has 1 N–H and O–H groups in total. The molecule has 0 spiro atoms. The molecule has 1 aliphatic heterocycles. The van der Waals surface area contributed by atoms with Crippen LogP contribution in [0.25, 0.3) is 11.3 Å². The first kappa shape index (κ1) is 20.1. The standard InChI is InChI=1S/C20H22BrClN2O3/c1-27-20-14(12-24-9-7-13(8-10-24)11-18(25)26)5-6-17(23-20)15-3-2-4-16(21)19(15)22/h2-6,13H,7-12H2,1H3,(H,25,26). The zero-order valence-electron chi connectivity index (χ0n) is 15.1. The minimum Gasteiger partial charge on any atom is -0.481 e. The highest BCUT2D eigenvalue weighted by Gasteiger charge is 2.22. The molecular formula is C20H22BrClN2O3.